The number of hydrogen-bond donors (Lipinski definition) is 1. The van der Waals surface area contributed by atoms with Crippen LogP contribution in [-0.2, 0) is 16.6 Å². The highest BCUT2D eigenvalue weighted by Crippen LogP contribution is 2.43. The van der Waals surface area contributed by atoms with E-state index < -0.39 is 0 Å². The van der Waals surface area contributed by atoms with Crippen molar-refractivity contribution in [3.8, 4) is 0 Å². The van der Waals surface area contributed by atoms with E-state index in [2.05, 4.69) is 53.7 Å². The van der Waals surface area contributed by atoms with Gasteiger partial charge in [-0.1, -0.05) is 66.5 Å². The molecule has 1 atom stereocenters. The van der Waals surface area contributed by atoms with Crippen LogP contribution in [-0.4, -0.2) is 10.9 Å². The summed E-state index contributed by atoms with van der Waals surface area (Å²) >= 11 is 2.04. The summed E-state index contributed by atoms with van der Waals surface area (Å²) in [6.07, 6.45) is 2.77. The Labute approximate surface area is 140 Å². The van der Waals surface area contributed by atoms with Crippen LogP contribution in [0.5, 0.6) is 0 Å². The Bertz CT molecular complexity index is 508. The lowest BCUT2D eigenvalue weighted by Gasteiger charge is -2.37. The minimum absolute atomic E-state index is 0.124. The molecule has 0 aliphatic carbocycles. The zero-order valence-corrected chi connectivity index (χ0v) is 15.9. The molecule has 1 unspecified atom stereocenters. The van der Waals surface area contributed by atoms with Crippen molar-refractivity contribution in [2.45, 2.75) is 83.5 Å². The third-order valence-electron chi connectivity index (χ3n) is 4.73. The fraction of sp³-hybridized carbons (Fsp3) is 0.700. The molecule has 1 aromatic carbocycles. The van der Waals surface area contributed by atoms with E-state index in [9.17, 15) is 5.11 Å². The highest BCUT2D eigenvalue weighted by molar-refractivity contribution is 7.98. The monoisotopic (exact) mass is 320 g/mol. The largest absolute Gasteiger partial charge is 0.388 e. The zero-order chi connectivity index (χ0) is 16.5. The Morgan fingerprint density at radius 2 is 1.95 bits per heavy atom. The van der Waals surface area contributed by atoms with Crippen LogP contribution in [0.3, 0.4) is 0 Å². The van der Waals surface area contributed by atoms with Crippen LogP contribution in [0, 0.1) is 0 Å². The molecular weight excluding hydrogens is 288 g/mol. The van der Waals surface area contributed by atoms with Crippen molar-refractivity contribution in [3.05, 3.63) is 34.4 Å². The van der Waals surface area contributed by atoms with Gasteiger partial charge in [-0.25, -0.2) is 0 Å². The molecule has 1 aliphatic heterocycles. The first-order valence-corrected chi connectivity index (χ1v) is 9.76. The molecular formula is C20H32OS. The Balaban J connectivity index is 2.54. The Hall–Kier alpha value is -0.470. The summed E-state index contributed by atoms with van der Waals surface area (Å²) in [5.41, 5.74) is 5.84. The SMILES string of the molecule is CCCCC(O)c1cc(C(C)(C)C)c2c(c1)C(C)(C)CSC2. The quantitative estimate of drug-likeness (QED) is 0.764. The number of benzene rings is 1. The number of aliphatic hydroxyl groups is 1. The molecule has 2 rings (SSSR count). The third-order valence-corrected chi connectivity index (χ3v) is 6.15. The van der Waals surface area contributed by atoms with Crippen LogP contribution >= 0.6 is 11.8 Å². The van der Waals surface area contributed by atoms with Gasteiger partial charge >= 0.3 is 0 Å². The van der Waals surface area contributed by atoms with Crippen LogP contribution in [0.25, 0.3) is 0 Å². The van der Waals surface area contributed by atoms with Gasteiger partial charge in [0.05, 0.1) is 6.10 Å². The highest BCUT2D eigenvalue weighted by atomic mass is 32.2. The molecule has 0 saturated heterocycles. The molecule has 2 heteroatoms. The van der Waals surface area contributed by atoms with Crippen LogP contribution in [0.15, 0.2) is 12.1 Å². The first-order chi connectivity index (χ1) is 10.2. The van der Waals surface area contributed by atoms with E-state index in [0.717, 1.165) is 36.3 Å². The molecule has 124 valence electrons. The van der Waals surface area contributed by atoms with Crippen molar-refractivity contribution >= 4 is 11.8 Å². The maximum atomic E-state index is 10.6. The van der Waals surface area contributed by atoms with Gasteiger partial charge in [0.1, 0.15) is 0 Å². The summed E-state index contributed by atoms with van der Waals surface area (Å²) < 4.78 is 0. The van der Waals surface area contributed by atoms with Gasteiger partial charge in [0.25, 0.3) is 0 Å². The van der Waals surface area contributed by atoms with Crippen LogP contribution in [0.4, 0.5) is 0 Å². The molecule has 0 aromatic heterocycles. The maximum absolute atomic E-state index is 10.6. The molecule has 1 heterocycles. The Morgan fingerprint density at radius 3 is 2.55 bits per heavy atom. The van der Waals surface area contributed by atoms with E-state index in [4.69, 9.17) is 0 Å². The van der Waals surface area contributed by atoms with Gasteiger partial charge in [0, 0.05) is 11.5 Å². The van der Waals surface area contributed by atoms with Gasteiger partial charge in [0.15, 0.2) is 0 Å². The predicted molar refractivity (Wildman–Crippen MR) is 98.8 cm³/mol. The average Bonchev–Trinajstić information content (AvgIpc) is 2.42. The minimum Gasteiger partial charge on any atom is -0.388 e. The lowest BCUT2D eigenvalue weighted by atomic mass is 9.74. The second-order valence-electron chi connectivity index (χ2n) is 8.38. The van der Waals surface area contributed by atoms with E-state index in [0.29, 0.717) is 0 Å². The molecule has 0 saturated carbocycles. The normalized spacial score (nSPS) is 18.9. The number of thioether (sulfide) groups is 1. The average molecular weight is 321 g/mol. The second-order valence-corrected chi connectivity index (χ2v) is 9.36. The van der Waals surface area contributed by atoms with Crippen molar-refractivity contribution in [2.24, 2.45) is 0 Å². The topological polar surface area (TPSA) is 20.2 Å². The summed E-state index contributed by atoms with van der Waals surface area (Å²) in [5.74, 6) is 2.27. The molecule has 0 bridgehead atoms. The van der Waals surface area contributed by atoms with E-state index in [1.807, 2.05) is 11.8 Å². The first-order valence-electron chi connectivity index (χ1n) is 8.60. The fourth-order valence-corrected chi connectivity index (χ4v) is 4.65. The fourth-order valence-electron chi connectivity index (χ4n) is 3.37. The van der Waals surface area contributed by atoms with Gasteiger partial charge in [-0.2, -0.15) is 11.8 Å². The van der Waals surface area contributed by atoms with Crippen molar-refractivity contribution in [1.29, 1.82) is 0 Å². The molecule has 0 radical (unpaired) electrons. The summed E-state index contributed by atoms with van der Waals surface area (Å²) in [6, 6.07) is 4.58. The highest BCUT2D eigenvalue weighted by Gasteiger charge is 2.33. The number of fused-ring (bicyclic) bond motifs is 1. The van der Waals surface area contributed by atoms with Crippen LogP contribution < -0.4 is 0 Å². The standard InChI is InChI=1S/C20H32OS/c1-7-8-9-18(21)14-10-16(19(2,3)4)15-12-22-13-20(5,6)17(15)11-14/h10-11,18,21H,7-9,12-13H2,1-6H3. The van der Waals surface area contributed by atoms with Gasteiger partial charge in [-0.05, 0) is 39.5 Å². The number of rotatable bonds is 4. The first kappa shape index (κ1) is 17.9. The summed E-state index contributed by atoms with van der Waals surface area (Å²) in [6.45, 7) is 13.7. The summed E-state index contributed by atoms with van der Waals surface area (Å²) in [5, 5.41) is 10.6. The molecule has 1 nitrogen and oxygen atoms in total. The predicted octanol–water partition coefficient (Wildman–Crippen LogP) is 5.73. The van der Waals surface area contributed by atoms with Crippen molar-refractivity contribution in [1.82, 2.24) is 0 Å². The minimum atomic E-state index is -0.322. The lowest BCUT2D eigenvalue weighted by Crippen LogP contribution is -2.29. The van der Waals surface area contributed by atoms with Crippen molar-refractivity contribution < 1.29 is 5.11 Å². The number of hydrogen-bond acceptors (Lipinski definition) is 2. The third kappa shape index (κ3) is 3.71. The summed E-state index contributed by atoms with van der Waals surface area (Å²) in [4.78, 5) is 0. The van der Waals surface area contributed by atoms with Gasteiger partial charge in [-0.3, -0.25) is 0 Å². The van der Waals surface area contributed by atoms with Gasteiger partial charge in [0.2, 0.25) is 0 Å². The van der Waals surface area contributed by atoms with Gasteiger partial charge < -0.3 is 5.11 Å². The Kier molecular flexibility index (Phi) is 5.34. The zero-order valence-electron chi connectivity index (χ0n) is 15.1. The number of unbranched alkanes of at least 4 members (excludes halogenated alkanes) is 1. The molecule has 22 heavy (non-hydrogen) atoms. The smallest absolute Gasteiger partial charge is 0.0790 e. The summed E-state index contributed by atoms with van der Waals surface area (Å²) in [7, 11) is 0. The molecule has 0 fully saturated rings. The van der Waals surface area contributed by atoms with Gasteiger partial charge in [-0.15, -0.1) is 0 Å². The molecule has 0 amide bonds. The van der Waals surface area contributed by atoms with E-state index in [1.165, 1.54) is 16.7 Å². The van der Waals surface area contributed by atoms with E-state index in [1.54, 1.807) is 0 Å². The Morgan fingerprint density at radius 1 is 1.27 bits per heavy atom. The molecule has 1 aliphatic rings. The lowest BCUT2D eigenvalue weighted by molar-refractivity contribution is 0.164. The van der Waals surface area contributed by atoms with E-state index >= 15 is 0 Å². The maximum Gasteiger partial charge on any atom is 0.0790 e. The van der Waals surface area contributed by atoms with Crippen molar-refractivity contribution in [3.63, 3.8) is 0 Å². The van der Waals surface area contributed by atoms with E-state index in [-0.39, 0.29) is 16.9 Å². The van der Waals surface area contributed by atoms with Crippen LogP contribution in [0.2, 0.25) is 0 Å². The van der Waals surface area contributed by atoms with Crippen molar-refractivity contribution in [2.75, 3.05) is 5.75 Å². The number of aliphatic hydroxyl groups excluding tert-OH is 1. The van der Waals surface area contributed by atoms with Crippen LogP contribution in [0.1, 0.15) is 89.2 Å². The second kappa shape index (κ2) is 6.57. The molecule has 1 aromatic rings. The molecule has 0 spiro atoms. The molecule has 1 N–H and O–H groups in total.